The topological polar surface area (TPSA) is 209 Å². The molecule has 216 valence electrons. The van der Waals surface area contributed by atoms with Crippen LogP contribution >= 0.6 is 0 Å². The van der Waals surface area contributed by atoms with Gasteiger partial charge in [-0.05, 0) is 51.4 Å². The third-order valence-electron chi connectivity index (χ3n) is 7.57. The number of carbonyl (C=O) groups excluding carboxylic acids is 3. The fraction of sp³-hybridized carbons (Fsp3) is 0.440. The smallest absolute Gasteiger partial charge is 0.425 e. The number of halogens is 3. The number of fused-ring (bicyclic) bond motifs is 3. The van der Waals surface area contributed by atoms with Crippen molar-refractivity contribution in [3.05, 3.63) is 39.7 Å². The van der Waals surface area contributed by atoms with Gasteiger partial charge in [-0.15, -0.1) is 0 Å². The number of carbonyl (C=O) groups is 3. The highest BCUT2D eigenvalue weighted by Gasteiger charge is 2.64. The van der Waals surface area contributed by atoms with Gasteiger partial charge in [0.25, 0.3) is 5.91 Å². The Morgan fingerprint density at radius 1 is 1.25 bits per heavy atom. The number of ketones is 2. The molecule has 0 aromatic heterocycles. The van der Waals surface area contributed by atoms with Crippen molar-refractivity contribution in [2.24, 2.45) is 22.7 Å². The second kappa shape index (κ2) is 9.52. The molecular weight excluding hydrogens is 541 g/mol. The fourth-order valence-corrected chi connectivity index (χ4v) is 5.91. The van der Waals surface area contributed by atoms with Crippen LogP contribution < -0.4 is 11.5 Å². The first-order chi connectivity index (χ1) is 18.4. The number of phenolic OH excluding ortho intramolecular Hbond substituents is 1. The van der Waals surface area contributed by atoms with Gasteiger partial charge in [0.1, 0.15) is 22.8 Å². The second-order valence-corrected chi connectivity index (χ2v) is 10.2. The van der Waals surface area contributed by atoms with Crippen LogP contribution in [0.4, 0.5) is 18.9 Å². The van der Waals surface area contributed by atoms with Gasteiger partial charge in [0, 0.05) is 17.1 Å². The largest absolute Gasteiger partial charge is 0.508 e. The van der Waals surface area contributed by atoms with Crippen LogP contribution in [0, 0.1) is 11.8 Å². The molecule has 3 aliphatic rings. The summed E-state index contributed by atoms with van der Waals surface area (Å²) in [5.41, 5.74) is 6.60. The molecule has 0 radical (unpaired) electrons. The minimum atomic E-state index is -4.65. The Balaban J connectivity index is 1.92. The molecule has 1 aromatic carbocycles. The van der Waals surface area contributed by atoms with Crippen molar-refractivity contribution in [3.8, 4) is 5.75 Å². The first kappa shape index (κ1) is 28.9. The number of benzene rings is 1. The summed E-state index contributed by atoms with van der Waals surface area (Å²) in [5, 5.41) is 47.9. The molecule has 8 N–H and O–H groups in total. The Bertz CT molecular complexity index is 1430. The van der Waals surface area contributed by atoms with Gasteiger partial charge >= 0.3 is 6.18 Å². The molecule has 0 aliphatic heterocycles. The number of phenols is 1. The van der Waals surface area contributed by atoms with Crippen molar-refractivity contribution in [1.82, 2.24) is 4.90 Å². The highest BCUT2D eigenvalue weighted by Crippen LogP contribution is 2.53. The Morgan fingerprint density at radius 2 is 1.88 bits per heavy atom. The van der Waals surface area contributed by atoms with Crippen molar-refractivity contribution >= 4 is 34.6 Å². The number of oxime groups is 1. The van der Waals surface area contributed by atoms with Gasteiger partial charge in [-0.2, -0.15) is 13.2 Å². The zero-order chi connectivity index (χ0) is 30.1. The number of aliphatic hydroxyl groups is 3. The molecule has 0 saturated heterocycles. The molecule has 1 fully saturated rings. The maximum atomic E-state index is 13.8. The highest BCUT2D eigenvalue weighted by atomic mass is 19.4. The van der Waals surface area contributed by atoms with Crippen LogP contribution in [0.3, 0.4) is 0 Å². The van der Waals surface area contributed by atoms with E-state index in [4.69, 9.17) is 11.5 Å². The van der Waals surface area contributed by atoms with Crippen LogP contribution in [-0.2, 0) is 25.6 Å². The number of anilines is 1. The first-order valence-corrected chi connectivity index (χ1v) is 12.0. The maximum Gasteiger partial charge on any atom is 0.425 e. The number of nitrogens with two attached hydrogens (primary N) is 2. The molecule has 0 bridgehead atoms. The summed E-state index contributed by atoms with van der Waals surface area (Å²) in [6.07, 6.45) is -4.93. The van der Waals surface area contributed by atoms with Gasteiger partial charge in [0.2, 0.25) is 12.4 Å². The molecule has 4 rings (SSSR count). The third kappa shape index (κ3) is 4.25. The number of likely N-dealkylation sites (N-methyl/N-ethyl adjacent to an activating group) is 1. The zero-order valence-electron chi connectivity index (χ0n) is 21.5. The molecule has 1 saturated carbocycles. The van der Waals surface area contributed by atoms with Crippen molar-refractivity contribution in [3.63, 3.8) is 0 Å². The minimum Gasteiger partial charge on any atom is -0.508 e. The van der Waals surface area contributed by atoms with E-state index in [9.17, 15) is 48.0 Å². The Kier molecular flexibility index (Phi) is 6.87. The standard InChI is InChI=1S/C25H27F3N4O8/c1-8(31-40-7-24(26,27)28)10-6-13(29)18(33)15-11(10)4-9-5-12-17(32(2)3)20(35)16(23(30)38)22(37)25(12,39)21(36)14(9)19(15)34/h6,9,12,17,33-34,37,39H,4-5,7,29H2,1-3H3,(H2,30,38)/b31-8+/t9-,12-,17-,25-/m0/s1. The molecule has 3 aliphatic carbocycles. The molecular formula is C25H27F3N4O8. The number of Topliss-reactive ketones (excluding diaryl/α,β-unsaturated/α-hetero) is 2. The van der Waals surface area contributed by atoms with E-state index < -0.39 is 82.1 Å². The summed E-state index contributed by atoms with van der Waals surface area (Å²) in [5.74, 6) is -8.33. The van der Waals surface area contributed by atoms with Gasteiger partial charge in [0.05, 0.1) is 23.0 Å². The number of alkyl halides is 3. The number of rotatable bonds is 5. The van der Waals surface area contributed by atoms with E-state index >= 15 is 0 Å². The normalized spacial score (nSPS) is 27.0. The fourth-order valence-electron chi connectivity index (χ4n) is 5.91. The molecule has 0 heterocycles. The molecule has 0 unspecified atom stereocenters. The first-order valence-electron chi connectivity index (χ1n) is 12.0. The van der Waals surface area contributed by atoms with Crippen molar-refractivity contribution in [1.29, 1.82) is 0 Å². The highest BCUT2D eigenvalue weighted by molar-refractivity contribution is 6.24. The number of aliphatic hydroxyl groups excluding tert-OH is 2. The van der Waals surface area contributed by atoms with Crippen molar-refractivity contribution in [2.45, 2.75) is 37.6 Å². The molecule has 4 atom stereocenters. The minimum absolute atomic E-state index is 0.0761. The van der Waals surface area contributed by atoms with Crippen LogP contribution in [-0.4, -0.2) is 87.0 Å². The Labute approximate surface area is 225 Å². The molecule has 40 heavy (non-hydrogen) atoms. The van der Waals surface area contributed by atoms with Gasteiger partial charge in [-0.3, -0.25) is 19.3 Å². The lowest BCUT2D eigenvalue weighted by Crippen LogP contribution is -2.65. The van der Waals surface area contributed by atoms with Gasteiger partial charge < -0.3 is 36.7 Å². The number of primary amides is 1. The number of nitrogen functional groups attached to an aromatic ring is 1. The quantitative estimate of drug-likeness (QED) is 0.0970. The van der Waals surface area contributed by atoms with Crippen LogP contribution in [0.5, 0.6) is 5.75 Å². The predicted molar refractivity (Wildman–Crippen MR) is 133 cm³/mol. The van der Waals surface area contributed by atoms with E-state index in [1.807, 2.05) is 0 Å². The average Bonchev–Trinajstić information content (AvgIpc) is 2.82. The van der Waals surface area contributed by atoms with E-state index in [1.54, 1.807) is 0 Å². The zero-order valence-corrected chi connectivity index (χ0v) is 21.5. The van der Waals surface area contributed by atoms with E-state index in [2.05, 4.69) is 9.99 Å². The summed E-state index contributed by atoms with van der Waals surface area (Å²) >= 11 is 0. The van der Waals surface area contributed by atoms with Crippen LogP contribution in [0.1, 0.15) is 30.0 Å². The monoisotopic (exact) mass is 568 g/mol. The van der Waals surface area contributed by atoms with Gasteiger partial charge in [-0.1, -0.05) is 5.16 Å². The lowest BCUT2D eigenvalue weighted by atomic mass is 9.57. The Morgan fingerprint density at radius 3 is 2.42 bits per heavy atom. The molecule has 1 aromatic rings. The second-order valence-electron chi connectivity index (χ2n) is 10.2. The van der Waals surface area contributed by atoms with Gasteiger partial charge in [-0.25, -0.2) is 0 Å². The average molecular weight is 569 g/mol. The summed E-state index contributed by atoms with van der Waals surface area (Å²) in [6, 6.07) is -0.0419. The van der Waals surface area contributed by atoms with E-state index in [0.29, 0.717) is 0 Å². The molecule has 15 heteroatoms. The van der Waals surface area contributed by atoms with Crippen LogP contribution in [0.15, 0.2) is 28.1 Å². The lowest BCUT2D eigenvalue weighted by Gasteiger charge is -2.50. The summed E-state index contributed by atoms with van der Waals surface area (Å²) < 4.78 is 37.6. The predicted octanol–water partition coefficient (Wildman–Crippen LogP) is 0.849. The van der Waals surface area contributed by atoms with Crippen molar-refractivity contribution < 1.29 is 52.8 Å². The third-order valence-corrected chi connectivity index (χ3v) is 7.57. The SMILES string of the molecule is C/C(=N\OCC(F)(F)F)c1cc(N)c(O)c2c1C[C@H]1C[C@H]3[C@H](N(C)C)C(=O)C(C(N)=O)=C(O)[C@@]3(O)C(=O)C1=C2O. The number of hydrogen-bond acceptors (Lipinski definition) is 11. The number of amides is 1. The summed E-state index contributed by atoms with van der Waals surface area (Å²) in [4.78, 5) is 44.8. The van der Waals surface area contributed by atoms with E-state index in [-0.39, 0.29) is 40.9 Å². The lowest BCUT2D eigenvalue weighted by molar-refractivity contribution is -0.173. The Hall–Kier alpha value is -4.11. The molecule has 0 spiro atoms. The van der Waals surface area contributed by atoms with Crippen LogP contribution in [0.2, 0.25) is 0 Å². The summed E-state index contributed by atoms with van der Waals surface area (Å²) in [7, 11) is 2.93. The molecule has 1 amide bonds. The number of hydrogen-bond donors (Lipinski definition) is 6. The number of nitrogens with zero attached hydrogens (tertiary/aromatic N) is 2. The maximum absolute atomic E-state index is 13.8. The van der Waals surface area contributed by atoms with E-state index in [0.717, 1.165) is 0 Å². The van der Waals surface area contributed by atoms with Crippen LogP contribution in [0.25, 0.3) is 5.76 Å². The number of aromatic hydroxyl groups is 1. The summed E-state index contributed by atoms with van der Waals surface area (Å²) in [6.45, 7) is -0.351. The molecule has 12 nitrogen and oxygen atoms in total. The van der Waals surface area contributed by atoms with Crippen molar-refractivity contribution in [2.75, 3.05) is 26.4 Å². The van der Waals surface area contributed by atoms with E-state index in [1.165, 1.54) is 32.0 Å². The van der Waals surface area contributed by atoms with Gasteiger partial charge in [0.15, 0.2) is 11.4 Å².